The molecule has 0 spiro atoms. The first-order valence-electron chi connectivity index (χ1n) is 4.49. The highest BCUT2D eigenvalue weighted by Gasteiger charge is 2.28. The van der Waals surface area contributed by atoms with Gasteiger partial charge in [0.15, 0.2) is 17.4 Å². The normalized spacial score (nSPS) is 16.2. The molecule has 0 aromatic heterocycles. The smallest absolute Gasteiger partial charge is 0.171 e. The third-order valence-electron chi connectivity index (χ3n) is 2.43. The molecule has 1 aliphatic rings. The average molecular weight is 215 g/mol. The zero-order valence-electron chi connectivity index (χ0n) is 7.69. The Morgan fingerprint density at radius 3 is 2.27 bits per heavy atom. The van der Waals surface area contributed by atoms with Crippen molar-refractivity contribution in [2.45, 2.75) is 0 Å². The zero-order chi connectivity index (χ0) is 11.0. The lowest BCUT2D eigenvalue weighted by Crippen LogP contribution is -2.46. The van der Waals surface area contributed by atoms with Crippen molar-refractivity contribution < 1.29 is 18.0 Å². The van der Waals surface area contributed by atoms with Gasteiger partial charge >= 0.3 is 0 Å². The van der Waals surface area contributed by atoms with Crippen molar-refractivity contribution in [2.75, 3.05) is 13.1 Å². The van der Waals surface area contributed by atoms with E-state index in [1.807, 2.05) is 0 Å². The highest BCUT2D eigenvalue weighted by Crippen LogP contribution is 2.19. The van der Waals surface area contributed by atoms with E-state index in [0.717, 1.165) is 0 Å². The summed E-state index contributed by atoms with van der Waals surface area (Å²) in [7, 11) is 0. The Labute approximate surface area is 84.1 Å². The van der Waals surface area contributed by atoms with E-state index in [1.165, 1.54) is 0 Å². The van der Waals surface area contributed by atoms with Crippen LogP contribution < -0.4 is 5.32 Å². The van der Waals surface area contributed by atoms with Crippen molar-refractivity contribution in [1.29, 1.82) is 0 Å². The van der Waals surface area contributed by atoms with Crippen LogP contribution >= 0.6 is 0 Å². The van der Waals surface area contributed by atoms with Crippen LogP contribution in [0.4, 0.5) is 13.2 Å². The fraction of sp³-hybridized carbons (Fsp3) is 0.300. The highest BCUT2D eigenvalue weighted by molar-refractivity contribution is 5.98. The summed E-state index contributed by atoms with van der Waals surface area (Å²) in [6.07, 6.45) is 0. The topological polar surface area (TPSA) is 29.1 Å². The second-order valence-corrected chi connectivity index (χ2v) is 3.47. The summed E-state index contributed by atoms with van der Waals surface area (Å²) in [4.78, 5) is 11.5. The van der Waals surface area contributed by atoms with E-state index in [4.69, 9.17) is 0 Å². The van der Waals surface area contributed by atoms with E-state index < -0.39 is 23.2 Å². The van der Waals surface area contributed by atoms with E-state index in [2.05, 4.69) is 5.32 Å². The molecule has 80 valence electrons. The Hall–Kier alpha value is -1.36. The molecule has 0 unspecified atom stereocenters. The van der Waals surface area contributed by atoms with Crippen molar-refractivity contribution in [1.82, 2.24) is 5.32 Å². The largest absolute Gasteiger partial charge is 0.315 e. The summed E-state index contributed by atoms with van der Waals surface area (Å²) in [6, 6.07) is 1.01. The van der Waals surface area contributed by atoms with Gasteiger partial charge in [0, 0.05) is 25.1 Å². The van der Waals surface area contributed by atoms with E-state index in [9.17, 15) is 18.0 Å². The van der Waals surface area contributed by atoms with Crippen LogP contribution in [0, 0.1) is 23.4 Å². The summed E-state index contributed by atoms with van der Waals surface area (Å²) in [6.45, 7) is 0.911. The van der Waals surface area contributed by atoms with Crippen LogP contribution in [0.3, 0.4) is 0 Å². The van der Waals surface area contributed by atoms with Gasteiger partial charge in [-0.1, -0.05) is 0 Å². The zero-order valence-corrected chi connectivity index (χ0v) is 7.69. The first-order valence-corrected chi connectivity index (χ1v) is 4.49. The quantitative estimate of drug-likeness (QED) is 0.598. The molecule has 2 nitrogen and oxygen atoms in total. The van der Waals surface area contributed by atoms with Crippen LogP contribution in [0.25, 0.3) is 0 Å². The number of nitrogens with one attached hydrogen (secondary N) is 1. The molecule has 0 radical (unpaired) electrons. The number of carbonyl (C=O) groups excluding carboxylic acids is 1. The molecule has 1 fully saturated rings. The number of halogens is 3. The fourth-order valence-electron chi connectivity index (χ4n) is 1.41. The van der Waals surface area contributed by atoms with Crippen LogP contribution in [0.1, 0.15) is 10.4 Å². The maximum Gasteiger partial charge on any atom is 0.171 e. The molecular formula is C10H8F3NO. The van der Waals surface area contributed by atoms with Crippen LogP contribution in [0.5, 0.6) is 0 Å². The minimum absolute atomic E-state index is 0.329. The third kappa shape index (κ3) is 1.74. The Bertz CT molecular complexity index is 415. The molecule has 0 saturated carbocycles. The molecule has 15 heavy (non-hydrogen) atoms. The number of benzene rings is 1. The van der Waals surface area contributed by atoms with Gasteiger partial charge in [0.2, 0.25) is 0 Å². The Morgan fingerprint density at radius 2 is 1.73 bits per heavy atom. The summed E-state index contributed by atoms with van der Waals surface area (Å²) in [5.74, 6) is -4.30. The van der Waals surface area contributed by atoms with Crippen molar-refractivity contribution in [3.05, 3.63) is 35.1 Å². The first kappa shape index (κ1) is 10.2. The third-order valence-corrected chi connectivity index (χ3v) is 2.43. The van der Waals surface area contributed by atoms with Crippen LogP contribution in [-0.4, -0.2) is 18.9 Å². The molecule has 1 saturated heterocycles. The lowest BCUT2D eigenvalue weighted by molar-refractivity contribution is 0.0873. The molecule has 1 aromatic carbocycles. The number of carbonyl (C=O) groups is 1. The molecule has 2 rings (SSSR count). The lowest BCUT2D eigenvalue weighted by Gasteiger charge is -2.25. The van der Waals surface area contributed by atoms with Gasteiger partial charge in [0.25, 0.3) is 0 Å². The maximum atomic E-state index is 13.2. The minimum atomic E-state index is -1.28. The summed E-state index contributed by atoms with van der Waals surface area (Å²) >= 11 is 0. The maximum absolute atomic E-state index is 13.2. The van der Waals surface area contributed by atoms with E-state index >= 15 is 0 Å². The van der Waals surface area contributed by atoms with Gasteiger partial charge in [-0.05, 0) is 6.07 Å². The predicted molar refractivity (Wildman–Crippen MR) is 47.0 cm³/mol. The van der Waals surface area contributed by atoms with Gasteiger partial charge in [-0.3, -0.25) is 4.79 Å². The molecule has 1 heterocycles. The number of ketones is 1. The molecule has 0 aliphatic carbocycles. The molecule has 0 atom stereocenters. The van der Waals surface area contributed by atoms with E-state index in [-0.39, 0.29) is 11.5 Å². The first-order chi connectivity index (χ1) is 7.09. The van der Waals surface area contributed by atoms with Crippen LogP contribution in [0.15, 0.2) is 12.1 Å². The summed E-state index contributed by atoms with van der Waals surface area (Å²) in [5, 5.41) is 2.85. The van der Waals surface area contributed by atoms with Gasteiger partial charge in [-0.2, -0.15) is 0 Å². The van der Waals surface area contributed by atoms with Crippen molar-refractivity contribution in [2.24, 2.45) is 5.92 Å². The molecule has 0 bridgehead atoms. The summed E-state index contributed by atoms with van der Waals surface area (Å²) < 4.78 is 38.5. The van der Waals surface area contributed by atoms with Gasteiger partial charge in [-0.25, -0.2) is 13.2 Å². The highest BCUT2D eigenvalue weighted by atomic mass is 19.2. The lowest BCUT2D eigenvalue weighted by atomic mass is 9.92. The molecule has 5 heteroatoms. The fourth-order valence-corrected chi connectivity index (χ4v) is 1.41. The Balaban J connectivity index is 2.34. The van der Waals surface area contributed by atoms with E-state index in [0.29, 0.717) is 25.2 Å². The standard InChI is InChI=1S/C10H8F3NO/c11-7-2-9(13)8(12)1-6(7)10(15)5-3-14-4-5/h1-2,5,14H,3-4H2. The number of Topliss-reactive ketones (excluding diaryl/α,β-unsaturated/α-hetero) is 1. The average Bonchev–Trinajstić information content (AvgIpc) is 2.08. The van der Waals surface area contributed by atoms with Gasteiger partial charge in [0.05, 0.1) is 5.56 Å². The van der Waals surface area contributed by atoms with Crippen molar-refractivity contribution in [3.63, 3.8) is 0 Å². The summed E-state index contributed by atoms with van der Waals surface area (Å²) in [5.41, 5.74) is -0.375. The molecule has 1 N–H and O–H groups in total. The SMILES string of the molecule is O=C(c1cc(F)c(F)cc1F)C1CNC1. The van der Waals surface area contributed by atoms with Gasteiger partial charge < -0.3 is 5.32 Å². The molecule has 1 aromatic rings. The second-order valence-electron chi connectivity index (χ2n) is 3.47. The minimum Gasteiger partial charge on any atom is -0.315 e. The van der Waals surface area contributed by atoms with Gasteiger partial charge in [-0.15, -0.1) is 0 Å². The Morgan fingerprint density at radius 1 is 1.13 bits per heavy atom. The van der Waals surface area contributed by atoms with Gasteiger partial charge in [0.1, 0.15) is 5.82 Å². The molecular weight excluding hydrogens is 207 g/mol. The second kappa shape index (κ2) is 3.66. The predicted octanol–water partition coefficient (Wildman–Crippen LogP) is 1.51. The Kier molecular flexibility index (Phi) is 2.48. The molecule has 1 aliphatic heterocycles. The number of hydrogen-bond acceptors (Lipinski definition) is 2. The molecule has 0 amide bonds. The number of rotatable bonds is 2. The number of hydrogen-bond donors (Lipinski definition) is 1. The van der Waals surface area contributed by atoms with E-state index in [1.54, 1.807) is 0 Å². The monoisotopic (exact) mass is 215 g/mol. The van der Waals surface area contributed by atoms with Crippen LogP contribution in [0.2, 0.25) is 0 Å². The van der Waals surface area contributed by atoms with Crippen molar-refractivity contribution in [3.8, 4) is 0 Å². The van der Waals surface area contributed by atoms with Crippen LogP contribution in [-0.2, 0) is 0 Å². The van der Waals surface area contributed by atoms with Crippen molar-refractivity contribution >= 4 is 5.78 Å².